The second kappa shape index (κ2) is 12.7. The van der Waals surface area contributed by atoms with E-state index in [9.17, 15) is 13.2 Å². The van der Waals surface area contributed by atoms with E-state index in [4.69, 9.17) is 0 Å². The van der Waals surface area contributed by atoms with Crippen LogP contribution in [0.15, 0.2) is 24.3 Å². The summed E-state index contributed by atoms with van der Waals surface area (Å²) in [5.41, 5.74) is 2.63. The summed E-state index contributed by atoms with van der Waals surface area (Å²) >= 11 is 0. The van der Waals surface area contributed by atoms with E-state index in [1.165, 1.54) is 11.3 Å². The number of carbonyl (C=O) groups is 1. The van der Waals surface area contributed by atoms with Crippen molar-refractivity contribution in [3.05, 3.63) is 29.8 Å². The molecule has 1 amide bonds. The first-order valence-electron chi connectivity index (χ1n) is 12.7. The van der Waals surface area contributed by atoms with Crippen molar-refractivity contribution in [2.45, 2.75) is 52.4 Å². The lowest BCUT2D eigenvalue weighted by molar-refractivity contribution is -0.126. The Kier molecular flexibility index (Phi) is 10.0. The largest absolute Gasteiger partial charge is 0.369 e. The first kappa shape index (κ1) is 26.0. The zero-order valence-corrected chi connectivity index (χ0v) is 21.3. The molecule has 0 atom stereocenters. The van der Waals surface area contributed by atoms with Crippen molar-refractivity contribution in [3.63, 3.8) is 0 Å². The van der Waals surface area contributed by atoms with Gasteiger partial charge in [0.05, 0.1) is 5.75 Å². The molecule has 0 aromatic heterocycles. The van der Waals surface area contributed by atoms with Gasteiger partial charge in [0.25, 0.3) is 0 Å². The maximum Gasteiger partial charge on any atom is 0.223 e. The summed E-state index contributed by atoms with van der Waals surface area (Å²) in [6, 6.07) is 8.72. The fourth-order valence-electron chi connectivity index (χ4n) is 4.72. The second-order valence-corrected chi connectivity index (χ2v) is 11.6. The fraction of sp³-hybridized carbons (Fsp3) is 0.720. The maximum atomic E-state index is 12.5. The lowest BCUT2D eigenvalue weighted by Gasteiger charge is -2.36. The lowest BCUT2D eigenvalue weighted by atomic mass is 9.97. The van der Waals surface area contributed by atoms with Gasteiger partial charge in [-0.3, -0.25) is 9.69 Å². The molecule has 2 saturated heterocycles. The Bertz CT molecular complexity index is 845. The Hall–Kier alpha value is -1.64. The highest BCUT2D eigenvalue weighted by Gasteiger charge is 2.30. The van der Waals surface area contributed by atoms with Gasteiger partial charge in [-0.2, -0.15) is 0 Å². The van der Waals surface area contributed by atoms with Gasteiger partial charge in [-0.15, -0.1) is 0 Å². The molecule has 0 saturated carbocycles. The molecule has 1 aromatic carbocycles. The topological polar surface area (TPSA) is 73.0 Å². The van der Waals surface area contributed by atoms with Gasteiger partial charge in [0, 0.05) is 57.4 Å². The van der Waals surface area contributed by atoms with Crippen molar-refractivity contribution in [2.24, 2.45) is 5.92 Å². The molecule has 8 heteroatoms. The molecule has 3 rings (SSSR count). The lowest BCUT2D eigenvalue weighted by Crippen LogP contribution is -2.46. The highest BCUT2D eigenvalue weighted by atomic mass is 32.2. The summed E-state index contributed by atoms with van der Waals surface area (Å²) in [6.07, 6.45) is 4.89. The van der Waals surface area contributed by atoms with Gasteiger partial charge >= 0.3 is 0 Å². The van der Waals surface area contributed by atoms with E-state index in [1.54, 1.807) is 4.31 Å². The third-order valence-electron chi connectivity index (χ3n) is 6.91. The van der Waals surface area contributed by atoms with Gasteiger partial charge in [0.2, 0.25) is 15.9 Å². The number of piperidine rings is 1. The molecule has 0 unspecified atom stereocenters. The fourth-order valence-corrected chi connectivity index (χ4v) is 6.40. The second-order valence-electron chi connectivity index (χ2n) is 9.51. The number of anilines is 1. The molecule has 2 aliphatic rings. The molecule has 0 radical (unpaired) electrons. The molecule has 1 aromatic rings. The number of carbonyl (C=O) groups excluding carboxylic acids is 1. The molecule has 7 nitrogen and oxygen atoms in total. The van der Waals surface area contributed by atoms with Gasteiger partial charge in [-0.25, -0.2) is 12.7 Å². The van der Waals surface area contributed by atoms with Crippen LogP contribution in [0.3, 0.4) is 0 Å². The third-order valence-corrected chi connectivity index (χ3v) is 8.87. The number of piperazine rings is 1. The Labute approximate surface area is 200 Å². The summed E-state index contributed by atoms with van der Waals surface area (Å²) < 4.78 is 26.2. The molecular weight excluding hydrogens is 436 g/mol. The van der Waals surface area contributed by atoms with Crippen molar-refractivity contribution in [3.8, 4) is 0 Å². The highest BCUT2D eigenvalue weighted by Crippen LogP contribution is 2.21. The summed E-state index contributed by atoms with van der Waals surface area (Å²) in [4.78, 5) is 17.5. The predicted molar refractivity (Wildman–Crippen MR) is 135 cm³/mol. The van der Waals surface area contributed by atoms with Crippen LogP contribution in [0.25, 0.3) is 0 Å². The van der Waals surface area contributed by atoms with Crippen LogP contribution in [0.1, 0.15) is 51.0 Å². The molecule has 2 aliphatic heterocycles. The van der Waals surface area contributed by atoms with Crippen LogP contribution in [-0.2, 0) is 14.8 Å². The number of aryl methyl sites for hydroxylation is 1. The molecule has 2 heterocycles. The van der Waals surface area contributed by atoms with Crippen LogP contribution in [0, 0.1) is 12.8 Å². The Morgan fingerprint density at radius 3 is 2.42 bits per heavy atom. The van der Waals surface area contributed by atoms with Crippen LogP contribution in [0.2, 0.25) is 0 Å². The van der Waals surface area contributed by atoms with Crippen LogP contribution >= 0.6 is 0 Å². The minimum absolute atomic E-state index is 0.0580. The average Bonchev–Trinajstić information content (AvgIpc) is 2.83. The number of unbranched alkanes of at least 4 members (excludes halogenated alkanes) is 2. The standard InChI is InChI=1S/C25H42N4O3S/c1-3-4-20-33(31,32)29-14-10-23(11-15-29)25(30)26-12-5-6-13-27-16-18-28(19-17-27)24-9-7-8-22(2)21-24/h7-9,21,23H,3-6,10-20H2,1-2H3,(H,26,30). The van der Waals surface area contributed by atoms with Crippen LogP contribution in [-0.4, -0.2) is 81.6 Å². The average molecular weight is 479 g/mol. The van der Waals surface area contributed by atoms with E-state index < -0.39 is 10.0 Å². The maximum absolute atomic E-state index is 12.5. The number of sulfonamides is 1. The zero-order valence-electron chi connectivity index (χ0n) is 20.5. The summed E-state index contributed by atoms with van der Waals surface area (Å²) in [7, 11) is -3.16. The number of nitrogens with one attached hydrogen (secondary N) is 1. The van der Waals surface area contributed by atoms with Crippen molar-refractivity contribution in [1.29, 1.82) is 0 Å². The smallest absolute Gasteiger partial charge is 0.223 e. The Morgan fingerprint density at radius 1 is 1.03 bits per heavy atom. The van der Waals surface area contributed by atoms with E-state index in [1.807, 2.05) is 6.92 Å². The molecular formula is C25H42N4O3S. The van der Waals surface area contributed by atoms with E-state index in [0.29, 0.717) is 38.9 Å². The SMILES string of the molecule is CCCCS(=O)(=O)N1CCC(C(=O)NCCCCN2CCN(c3cccc(C)c3)CC2)CC1. The third kappa shape index (κ3) is 7.97. The van der Waals surface area contributed by atoms with Crippen molar-refractivity contribution in [1.82, 2.24) is 14.5 Å². The molecule has 2 fully saturated rings. The highest BCUT2D eigenvalue weighted by molar-refractivity contribution is 7.89. The van der Waals surface area contributed by atoms with Gasteiger partial charge in [-0.1, -0.05) is 25.5 Å². The van der Waals surface area contributed by atoms with Gasteiger partial charge in [-0.05, 0) is 63.3 Å². The van der Waals surface area contributed by atoms with Crippen molar-refractivity contribution < 1.29 is 13.2 Å². The number of hydrogen-bond acceptors (Lipinski definition) is 5. The molecule has 1 N–H and O–H groups in total. The van der Waals surface area contributed by atoms with Gasteiger partial charge in [0.1, 0.15) is 0 Å². The quantitative estimate of drug-likeness (QED) is 0.495. The molecule has 0 spiro atoms. The van der Waals surface area contributed by atoms with Crippen LogP contribution < -0.4 is 10.2 Å². The summed E-state index contributed by atoms with van der Waals surface area (Å²) in [5, 5.41) is 3.08. The Morgan fingerprint density at radius 2 is 1.76 bits per heavy atom. The normalized spacial score (nSPS) is 19.0. The first-order chi connectivity index (χ1) is 15.9. The van der Waals surface area contributed by atoms with Crippen molar-refractivity contribution >= 4 is 21.6 Å². The number of nitrogens with zero attached hydrogens (tertiary/aromatic N) is 3. The number of rotatable bonds is 11. The van der Waals surface area contributed by atoms with Gasteiger partial charge in [0.15, 0.2) is 0 Å². The van der Waals surface area contributed by atoms with Gasteiger partial charge < -0.3 is 10.2 Å². The Balaban J connectivity index is 1.26. The van der Waals surface area contributed by atoms with Crippen LogP contribution in [0.4, 0.5) is 5.69 Å². The van der Waals surface area contributed by atoms with E-state index >= 15 is 0 Å². The predicted octanol–water partition coefficient (Wildman–Crippen LogP) is 2.86. The first-order valence-corrected chi connectivity index (χ1v) is 14.3. The molecule has 186 valence electrons. The molecule has 33 heavy (non-hydrogen) atoms. The zero-order chi connectivity index (χ0) is 23.7. The van der Waals surface area contributed by atoms with Crippen LogP contribution in [0.5, 0.6) is 0 Å². The monoisotopic (exact) mass is 478 g/mol. The summed E-state index contributed by atoms with van der Waals surface area (Å²) in [6.45, 7) is 11.2. The minimum Gasteiger partial charge on any atom is -0.369 e. The molecule has 0 bridgehead atoms. The van der Waals surface area contributed by atoms with E-state index in [0.717, 1.165) is 52.0 Å². The van der Waals surface area contributed by atoms with Crippen molar-refractivity contribution in [2.75, 3.05) is 63.0 Å². The molecule has 0 aliphatic carbocycles. The number of hydrogen-bond donors (Lipinski definition) is 1. The minimum atomic E-state index is -3.16. The number of benzene rings is 1. The van der Waals surface area contributed by atoms with E-state index in [-0.39, 0.29) is 17.6 Å². The summed E-state index contributed by atoms with van der Waals surface area (Å²) in [5.74, 6) is 0.256. The van der Waals surface area contributed by atoms with E-state index in [2.05, 4.69) is 46.3 Å². The number of amides is 1.